The number of nitrogens with one attached hydrogen (secondary N) is 1. The summed E-state index contributed by atoms with van der Waals surface area (Å²) in [5.74, 6) is 0.389. The van der Waals surface area contributed by atoms with Gasteiger partial charge in [0.05, 0.1) is 30.9 Å². The van der Waals surface area contributed by atoms with Crippen LogP contribution in [-0.2, 0) is 19.0 Å². The number of nitrogens with zero attached hydrogens (tertiary/aromatic N) is 1. The SMILES string of the molecule is COC1=C(C(=O)N[C@H]2CCN(CCCOC3CCC(F)CC3)C[C@H]2OC)CC(Cl)=C(N)C1. The Hall–Kier alpha value is -1.35. The minimum absolute atomic E-state index is 0.0801. The Morgan fingerprint density at radius 1 is 1.22 bits per heavy atom. The molecule has 7 nitrogen and oxygen atoms in total. The Morgan fingerprint density at radius 3 is 2.66 bits per heavy atom. The molecule has 0 aromatic carbocycles. The number of alkyl halides is 1. The zero-order valence-electron chi connectivity index (χ0n) is 19.2. The van der Waals surface area contributed by atoms with Crippen molar-refractivity contribution >= 4 is 17.5 Å². The van der Waals surface area contributed by atoms with Gasteiger partial charge < -0.3 is 30.2 Å². The van der Waals surface area contributed by atoms with Crippen molar-refractivity contribution in [2.75, 3.05) is 40.5 Å². The fourth-order valence-electron chi connectivity index (χ4n) is 4.72. The first kappa shape index (κ1) is 25.3. The van der Waals surface area contributed by atoms with Crippen molar-refractivity contribution in [3.63, 3.8) is 0 Å². The third kappa shape index (κ3) is 6.83. The number of hydrogen-bond donors (Lipinski definition) is 2. The van der Waals surface area contributed by atoms with E-state index >= 15 is 0 Å². The maximum atomic E-state index is 13.2. The number of piperidine rings is 1. The van der Waals surface area contributed by atoms with Crippen LogP contribution in [0.2, 0.25) is 0 Å². The first-order valence-electron chi connectivity index (χ1n) is 11.6. The lowest BCUT2D eigenvalue weighted by Crippen LogP contribution is -2.55. The van der Waals surface area contributed by atoms with Gasteiger partial charge in [-0.2, -0.15) is 0 Å². The zero-order chi connectivity index (χ0) is 23.1. The van der Waals surface area contributed by atoms with E-state index in [2.05, 4.69) is 10.2 Å². The molecule has 2 aliphatic carbocycles. The minimum Gasteiger partial charge on any atom is -0.500 e. The van der Waals surface area contributed by atoms with E-state index in [-0.39, 0.29) is 30.6 Å². The van der Waals surface area contributed by atoms with Gasteiger partial charge in [-0.3, -0.25) is 4.79 Å². The van der Waals surface area contributed by atoms with Crippen LogP contribution in [0.5, 0.6) is 0 Å². The average molecular weight is 474 g/mol. The van der Waals surface area contributed by atoms with Gasteiger partial charge in [-0.1, -0.05) is 11.6 Å². The highest BCUT2D eigenvalue weighted by molar-refractivity contribution is 6.30. The molecule has 0 radical (unpaired) electrons. The van der Waals surface area contributed by atoms with Gasteiger partial charge in [0.2, 0.25) is 0 Å². The van der Waals surface area contributed by atoms with Crippen LogP contribution in [-0.4, -0.2) is 75.7 Å². The van der Waals surface area contributed by atoms with Gasteiger partial charge in [0.15, 0.2) is 0 Å². The number of nitrogens with two attached hydrogens (primary N) is 1. The lowest BCUT2D eigenvalue weighted by Gasteiger charge is -2.38. The van der Waals surface area contributed by atoms with E-state index in [9.17, 15) is 9.18 Å². The molecule has 0 aromatic rings. The zero-order valence-corrected chi connectivity index (χ0v) is 20.0. The first-order chi connectivity index (χ1) is 15.4. The van der Waals surface area contributed by atoms with Crippen molar-refractivity contribution in [3.05, 3.63) is 22.1 Å². The Bertz CT molecular complexity index is 709. The van der Waals surface area contributed by atoms with Crippen molar-refractivity contribution in [3.8, 4) is 0 Å². The monoisotopic (exact) mass is 473 g/mol. The quantitative estimate of drug-likeness (QED) is 0.501. The number of likely N-dealkylation sites (tertiary alicyclic amines) is 1. The van der Waals surface area contributed by atoms with E-state index in [1.165, 1.54) is 0 Å². The first-order valence-corrected chi connectivity index (χ1v) is 12.0. The lowest BCUT2D eigenvalue weighted by molar-refractivity contribution is -0.120. The summed E-state index contributed by atoms with van der Waals surface area (Å²) in [7, 11) is 3.22. The Morgan fingerprint density at radius 2 is 1.97 bits per heavy atom. The normalized spacial score (nSPS) is 29.9. The summed E-state index contributed by atoms with van der Waals surface area (Å²) in [4.78, 5) is 15.3. The summed E-state index contributed by atoms with van der Waals surface area (Å²) in [6, 6.07) is -0.0801. The number of rotatable bonds is 9. The summed E-state index contributed by atoms with van der Waals surface area (Å²) in [5.41, 5.74) is 6.97. The van der Waals surface area contributed by atoms with Gasteiger partial charge in [-0.15, -0.1) is 0 Å². The number of ether oxygens (including phenoxy) is 3. The number of hydrogen-bond acceptors (Lipinski definition) is 6. The van der Waals surface area contributed by atoms with E-state index in [4.69, 9.17) is 31.5 Å². The highest BCUT2D eigenvalue weighted by Crippen LogP contribution is 2.30. The maximum absolute atomic E-state index is 13.2. The van der Waals surface area contributed by atoms with E-state index in [1.54, 1.807) is 14.2 Å². The van der Waals surface area contributed by atoms with Crippen LogP contribution in [0.1, 0.15) is 51.4 Å². The van der Waals surface area contributed by atoms with E-state index in [0.29, 0.717) is 47.9 Å². The van der Waals surface area contributed by atoms with E-state index in [0.717, 1.165) is 45.3 Å². The standard InChI is InChI=1S/C23H37ClFN3O4/c1-30-21-13-19(26)18(24)12-17(21)23(29)27-20-8-10-28(14-22(20)31-2)9-3-11-32-16-6-4-15(25)5-7-16/h15-16,20,22H,3-14,26H2,1-2H3,(H,27,29)/t15?,16?,20-,22+/m0/s1. The van der Waals surface area contributed by atoms with Crippen molar-refractivity contribution in [1.82, 2.24) is 10.2 Å². The van der Waals surface area contributed by atoms with Crippen LogP contribution >= 0.6 is 11.6 Å². The molecule has 182 valence electrons. The molecule has 0 spiro atoms. The number of methoxy groups -OCH3 is 2. The Balaban J connectivity index is 1.42. The van der Waals surface area contributed by atoms with Crippen LogP contribution in [0, 0.1) is 0 Å². The molecule has 3 rings (SSSR count). The largest absolute Gasteiger partial charge is 0.500 e. The van der Waals surface area contributed by atoms with E-state index in [1.807, 2.05) is 0 Å². The number of carbonyl (C=O) groups is 1. The van der Waals surface area contributed by atoms with Crippen LogP contribution in [0.4, 0.5) is 4.39 Å². The summed E-state index contributed by atoms with van der Waals surface area (Å²) in [5, 5.41) is 3.61. The number of carbonyl (C=O) groups excluding carboxylic acids is 1. The van der Waals surface area contributed by atoms with Crippen LogP contribution in [0.25, 0.3) is 0 Å². The number of halogens is 2. The van der Waals surface area contributed by atoms with Crippen LogP contribution in [0.15, 0.2) is 22.1 Å². The van der Waals surface area contributed by atoms with Gasteiger partial charge in [0, 0.05) is 56.9 Å². The third-order valence-corrected chi connectivity index (χ3v) is 7.10. The molecule has 0 bridgehead atoms. The predicted molar refractivity (Wildman–Crippen MR) is 122 cm³/mol. The highest BCUT2D eigenvalue weighted by Gasteiger charge is 2.32. The van der Waals surface area contributed by atoms with Gasteiger partial charge >= 0.3 is 0 Å². The predicted octanol–water partition coefficient (Wildman–Crippen LogP) is 2.98. The number of amides is 1. The molecule has 1 saturated heterocycles. The van der Waals surface area contributed by atoms with Gasteiger partial charge in [0.1, 0.15) is 11.9 Å². The molecule has 0 unspecified atom stereocenters. The molecule has 32 heavy (non-hydrogen) atoms. The molecule has 3 N–H and O–H groups in total. The Labute approximate surface area is 195 Å². The fourth-order valence-corrected chi connectivity index (χ4v) is 4.92. The lowest BCUT2D eigenvalue weighted by atomic mass is 9.96. The Kier molecular flexibility index (Phi) is 9.64. The van der Waals surface area contributed by atoms with Gasteiger partial charge in [-0.05, 0) is 38.5 Å². The number of allylic oxidation sites excluding steroid dienone is 1. The fraction of sp³-hybridized carbons (Fsp3) is 0.783. The smallest absolute Gasteiger partial charge is 0.251 e. The van der Waals surface area contributed by atoms with Crippen molar-refractivity contribution < 1.29 is 23.4 Å². The molecule has 0 aromatic heterocycles. The van der Waals surface area contributed by atoms with E-state index < -0.39 is 6.17 Å². The molecule has 3 aliphatic rings. The highest BCUT2D eigenvalue weighted by atomic mass is 35.5. The molecule has 9 heteroatoms. The summed E-state index contributed by atoms with van der Waals surface area (Å²) >= 11 is 6.19. The summed E-state index contributed by atoms with van der Waals surface area (Å²) in [6.45, 7) is 3.23. The minimum atomic E-state index is -0.648. The molecule has 1 saturated carbocycles. The maximum Gasteiger partial charge on any atom is 0.251 e. The van der Waals surface area contributed by atoms with Crippen LogP contribution in [0.3, 0.4) is 0 Å². The molecule has 1 aliphatic heterocycles. The molecule has 1 heterocycles. The molecule has 2 fully saturated rings. The van der Waals surface area contributed by atoms with Crippen molar-refractivity contribution in [1.29, 1.82) is 0 Å². The van der Waals surface area contributed by atoms with Crippen LogP contribution < -0.4 is 11.1 Å². The van der Waals surface area contributed by atoms with Crippen molar-refractivity contribution in [2.45, 2.75) is 75.8 Å². The molecular weight excluding hydrogens is 437 g/mol. The van der Waals surface area contributed by atoms with Gasteiger partial charge in [-0.25, -0.2) is 4.39 Å². The third-order valence-electron chi connectivity index (χ3n) is 6.73. The second-order valence-electron chi connectivity index (χ2n) is 8.93. The average Bonchev–Trinajstić information content (AvgIpc) is 2.80. The van der Waals surface area contributed by atoms with Crippen molar-refractivity contribution in [2.24, 2.45) is 5.73 Å². The molecule has 2 atom stereocenters. The summed E-state index contributed by atoms with van der Waals surface area (Å²) < 4.78 is 30.2. The van der Waals surface area contributed by atoms with Gasteiger partial charge in [0.25, 0.3) is 5.91 Å². The topological polar surface area (TPSA) is 86.0 Å². The molecular formula is C23H37ClFN3O4. The summed E-state index contributed by atoms with van der Waals surface area (Å²) in [6.07, 6.45) is 4.72. The molecule has 1 amide bonds. The second-order valence-corrected chi connectivity index (χ2v) is 9.39. The second kappa shape index (κ2) is 12.2.